The zero-order valence-corrected chi connectivity index (χ0v) is 13.7. The van der Waals surface area contributed by atoms with E-state index in [2.05, 4.69) is 26.1 Å². The lowest BCUT2D eigenvalue weighted by Crippen LogP contribution is -2.51. The second kappa shape index (κ2) is 6.08. The van der Waals surface area contributed by atoms with E-state index >= 15 is 0 Å². The quantitative estimate of drug-likeness (QED) is 0.832. The molecule has 1 fully saturated rings. The van der Waals surface area contributed by atoms with E-state index in [-0.39, 0.29) is 17.1 Å². The number of likely N-dealkylation sites (N-methyl/N-ethyl adjacent to an activating group) is 2. The smallest absolute Gasteiger partial charge is 0.145 e. The summed E-state index contributed by atoms with van der Waals surface area (Å²) in [4.78, 5) is 2.11. The molecule has 1 atom stereocenters. The van der Waals surface area contributed by atoms with Gasteiger partial charge in [0, 0.05) is 11.1 Å². The molecule has 1 aliphatic carbocycles. The van der Waals surface area contributed by atoms with Gasteiger partial charge in [-0.05, 0) is 62.0 Å². The van der Waals surface area contributed by atoms with Crippen molar-refractivity contribution in [3.8, 4) is 0 Å². The van der Waals surface area contributed by atoms with Crippen LogP contribution in [-0.2, 0) is 0 Å². The molecule has 1 unspecified atom stereocenters. The zero-order valence-electron chi connectivity index (χ0n) is 12.1. The number of nitrogens with one attached hydrogen (secondary N) is 1. The molecule has 2 nitrogen and oxygen atoms in total. The number of rotatable bonds is 4. The predicted molar refractivity (Wildman–Crippen MR) is 80.7 cm³/mol. The molecule has 0 amide bonds. The minimum atomic E-state index is -0.502. The van der Waals surface area contributed by atoms with Crippen molar-refractivity contribution >= 4 is 15.9 Å². The first kappa shape index (κ1) is 15.9. The van der Waals surface area contributed by atoms with Gasteiger partial charge in [-0.3, -0.25) is 0 Å². The third kappa shape index (κ3) is 2.51. The lowest BCUT2D eigenvalue weighted by Gasteiger charge is -2.43. The van der Waals surface area contributed by atoms with E-state index in [4.69, 9.17) is 0 Å². The van der Waals surface area contributed by atoms with Gasteiger partial charge in [0.1, 0.15) is 11.6 Å². The fourth-order valence-corrected chi connectivity index (χ4v) is 3.82. The highest BCUT2D eigenvalue weighted by atomic mass is 79.9. The Morgan fingerprint density at radius 3 is 2.35 bits per heavy atom. The van der Waals surface area contributed by atoms with E-state index in [1.807, 2.05) is 14.1 Å². The second-order valence-corrected chi connectivity index (χ2v) is 6.54. The third-order valence-corrected chi connectivity index (χ3v) is 5.17. The lowest BCUT2D eigenvalue weighted by atomic mass is 9.82. The van der Waals surface area contributed by atoms with Crippen LogP contribution in [0.25, 0.3) is 0 Å². The van der Waals surface area contributed by atoms with Gasteiger partial charge in [0.25, 0.3) is 0 Å². The predicted octanol–water partition coefficient (Wildman–Crippen LogP) is 3.86. The van der Waals surface area contributed by atoms with Gasteiger partial charge < -0.3 is 10.2 Å². The molecular weight excluding hydrogens is 326 g/mol. The minimum absolute atomic E-state index is 0.137. The average molecular weight is 347 g/mol. The van der Waals surface area contributed by atoms with Gasteiger partial charge in [-0.25, -0.2) is 8.78 Å². The summed E-state index contributed by atoms with van der Waals surface area (Å²) in [6.07, 6.45) is 4.06. The summed E-state index contributed by atoms with van der Waals surface area (Å²) in [7, 11) is 5.75. The normalized spacial score (nSPS) is 19.6. The first-order valence-electron chi connectivity index (χ1n) is 6.92. The molecule has 0 aliphatic heterocycles. The van der Waals surface area contributed by atoms with Gasteiger partial charge in [-0.2, -0.15) is 0 Å². The molecule has 0 radical (unpaired) electrons. The molecule has 0 saturated heterocycles. The van der Waals surface area contributed by atoms with Crippen molar-refractivity contribution in [1.29, 1.82) is 0 Å². The second-order valence-electron chi connectivity index (χ2n) is 5.68. The van der Waals surface area contributed by atoms with Crippen LogP contribution in [0.15, 0.2) is 16.6 Å². The summed E-state index contributed by atoms with van der Waals surface area (Å²) in [5, 5.41) is 3.15. The highest BCUT2D eigenvalue weighted by Crippen LogP contribution is 2.45. The molecule has 20 heavy (non-hydrogen) atoms. The Morgan fingerprint density at radius 2 is 1.85 bits per heavy atom. The Hall–Kier alpha value is -0.520. The van der Waals surface area contributed by atoms with Crippen LogP contribution in [0.5, 0.6) is 0 Å². The molecule has 112 valence electrons. The summed E-state index contributed by atoms with van der Waals surface area (Å²) in [6.45, 7) is 0. The van der Waals surface area contributed by atoms with Gasteiger partial charge in [0.05, 0.1) is 10.5 Å². The van der Waals surface area contributed by atoms with Crippen molar-refractivity contribution in [2.45, 2.75) is 37.3 Å². The molecule has 0 spiro atoms. The van der Waals surface area contributed by atoms with E-state index in [1.54, 1.807) is 7.05 Å². The van der Waals surface area contributed by atoms with Crippen LogP contribution in [0.3, 0.4) is 0 Å². The van der Waals surface area contributed by atoms with Gasteiger partial charge >= 0.3 is 0 Å². The van der Waals surface area contributed by atoms with Crippen molar-refractivity contribution in [1.82, 2.24) is 10.2 Å². The van der Waals surface area contributed by atoms with E-state index in [9.17, 15) is 8.78 Å². The minimum Gasteiger partial charge on any atom is -0.311 e. The number of hydrogen-bond acceptors (Lipinski definition) is 2. The fraction of sp³-hybridized carbons (Fsp3) is 0.600. The largest absolute Gasteiger partial charge is 0.311 e. The summed E-state index contributed by atoms with van der Waals surface area (Å²) < 4.78 is 29.0. The molecule has 0 aromatic heterocycles. The molecule has 1 aliphatic rings. The Morgan fingerprint density at radius 1 is 1.25 bits per heavy atom. The number of halogens is 3. The first-order valence-corrected chi connectivity index (χ1v) is 7.71. The van der Waals surface area contributed by atoms with Crippen molar-refractivity contribution in [3.05, 3.63) is 33.8 Å². The molecule has 1 aromatic rings. The maximum atomic E-state index is 14.4. The van der Waals surface area contributed by atoms with Gasteiger partial charge in [0.15, 0.2) is 0 Å². The standard InChI is InChI=1S/C15H21BrF2N2/c1-19-14(15(20(2)3)8-4-5-9-15)12-11(17)7-6-10(16)13(12)18/h6-7,14,19H,4-5,8-9H2,1-3H3. The summed E-state index contributed by atoms with van der Waals surface area (Å²) in [6, 6.07) is 2.38. The van der Waals surface area contributed by atoms with Crippen molar-refractivity contribution in [2.24, 2.45) is 0 Å². The Labute approximate surface area is 127 Å². The topological polar surface area (TPSA) is 15.3 Å². The van der Waals surface area contributed by atoms with E-state index in [0.29, 0.717) is 4.47 Å². The maximum Gasteiger partial charge on any atom is 0.145 e. The van der Waals surface area contributed by atoms with E-state index < -0.39 is 11.6 Å². The average Bonchev–Trinajstić information content (AvgIpc) is 2.89. The Balaban J connectivity index is 2.55. The Kier molecular flexibility index (Phi) is 4.82. The summed E-state index contributed by atoms with van der Waals surface area (Å²) in [5.41, 5.74) is -0.102. The monoisotopic (exact) mass is 346 g/mol. The van der Waals surface area contributed by atoms with Gasteiger partial charge in [0.2, 0.25) is 0 Å². The van der Waals surface area contributed by atoms with E-state index in [1.165, 1.54) is 12.1 Å². The molecule has 2 rings (SSSR count). The van der Waals surface area contributed by atoms with Crippen molar-refractivity contribution in [2.75, 3.05) is 21.1 Å². The van der Waals surface area contributed by atoms with Crippen molar-refractivity contribution < 1.29 is 8.78 Å². The van der Waals surface area contributed by atoms with Gasteiger partial charge in [-0.1, -0.05) is 12.8 Å². The van der Waals surface area contributed by atoms with Crippen LogP contribution in [0.1, 0.15) is 37.3 Å². The molecule has 5 heteroatoms. The summed E-state index contributed by atoms with van der Waals surface area (Å²) in [5.74, 6) is -0.990. The molecular formula is C15H21BrF2N2. The number of hydrogen-bond donors (Lipinski definition) is 1. The SMILES string of the molecule is CNC(c1c(F)ccc(Br)c1F)C1(N(C)C)CCCC1. The van der Waals surface area contributed by atoms with Crippen LogP contribution in [0, 0.1) is 11.6 Å². The van der Waals surface area contributed by atoms with Crippen LogP contribution in [-0.4, -0.2) is 31.6 Å². The maximum absolute atomic E-state index is 14.4. The molecule has 1 saturated carbocycles. The number of nitrogens with zero attached hydrogens (tertiary/aromatic N) is 1. The number of benzene rings is 1. The van der Waals surface area contributed by atoms with Crippen LogP contribution >= 0.6 is 15.9 Å². The van der Waals surface area contributed by atoms with Gasteiger partial charge in [-0.15, -0.1) is 0 Å². The highest BCUT2D eigenvalue weighted by Gasteiger charge is 2.45. The molecule has 0 heterocycles. The molecule has 1 aromatic carbocycles. The molecule has 1 N–H and O–H groups in total. The fourth-order valence-electron chi connectivity index (χ4n) is 3.47. The molecule has 0 bridgehead atoms. The Bertz CT molecular complexity index is 485. The summed E-state index contributed by atoms with van der Waals surface area (Å²) >= 11 is 3.16. The van der Waals surface area contributed by atoms with Crippen molar-refractivity contribution in [3.63, 3.8) is 0 Å². The van der Waals surface area contributed by atoms with Crippen LogP contribution < -0.4 is 5.32 Å². The zero-order chi connectivity index (χ0) is 14.9. The van der Waals surface area contributed by atoms with E-state index in [0.717, 1.165) is 25.7 Å². The van der Waals surface area contributed by atoms with Crippen LogP contribution in [0.2, 0.25) is 0 Å². The first-order chi connectivity index (χ1) is 9.44. The van der Waals surface area contributed by atoms with Crippen LogP contribution in [0.4, 0.5) is 8.78 Å². The third-order valence-electron chi connectivity index (χ3n) is 4.55. The lowest BCUT2D eigenvalue weighted by molar-refractivity contribution is 0.105. The highest BCUT2D eigenvalue weighted by molar-refractivity contribution is 9.10.